The fraction of sp³-hybridized carbons (Fsp3) is 0.100. The summed E-state index contributed by atoms with van der Waals surface area (Å²) in [5.74, 6) is 0. The molecule has 0 amide bonds. The van der Waals surface area contributed by atoms with E-state index in [1.807, 2.05) is 54.6 Å². The monoisotopic (exact) mass is 304 g/mol. The third-order valence-corrected chi connectivity index (χ3v) is 4.95. The summed E-state index contributed by atoms with van der Waals surface area (Å²) in [5.41, 5.74) is 3.32. The van der Waals surface area contributed by atoms with Gasteiger partial charge in [0.25, 0.3) is 0 Å². The second kappa shape index (κ2) is 6.68. The van der Waals surface area contributed by atoms with Gasteiger partial charge in [0.2, 0.25) is 0 Å². The van der Waals surface area contributed by atoms with Crippen LogP contribution in [0.2, 0.25) is 0 Å². The van der Waals surface area contributed by atoms with Crippen molar-refractivity contribution < 1.29 is 4.57 Å². The number of hydrogen-bond acceptors (Lipinski definition) is 1. The molecule has 0 unspecified atom stereocenters. The SMILES string of the molecule is O=PC(Cc1ccccc1)(c1ccccc1)c1ccccc1. The molecule has 0 atom stereocenters. The summed E-state index contributed by atoms with van der Waals surface area (Å²) >= 11 is 0. The Bertz CT molecular complexity index is 684. The van der Waals surface area contributed by atoms with Crippen molar-refractivity contribution in [2.75, 3.05) is 0 Å². The van der Waals surface area contributed by atoms with Crippen LogP contribution in [0.25, 0.3) is 0 Å². The van der Waals surface area contributed by atoms with Crippen molar-refractivity contribution in [3.05, 3.63) is 108 Å². The average molecular weight is 304 g/mol. The maximum atomic E-state index is 12.3. The van der Waals surface area contributed by atoms with Crippen molar-refractivity contribution in [3.63, 3.8) is 0 Å². The maximum Gasteiger partial charge on any atom is 0.172 e. The van der Waals surface area contributed by atoms with E-state index in [0.29, 0.717) is 6.42 Å². The summed E-state index contributed by atoms with van der Waals surface area (Å²) in [7, 11) is 0.109. The van der Waals surface area contributed by atoms with E-state index in [0.717, 1.165) is 11.1 Å². The first-order valence-electron chi connectivity index (χ1n) is 7.35. The Morgan fingerprint density at radius 2 is 1.05 bits per heavy atom. The Morgan fingerprint density at radius 3 is 1.45 bits per heavy atom. The van der Waals surface area contributed by atoms with Crippen LogP contribution in [0.5, 0.6) is 0 Å². The highest BCUT2D eigenvalue weighted by Crippen LogP contribution is 2.44. The van der Waals surface area contributed by atoms with Crippen LogP contribution in [0.3, 0.4) is 0 Å². The number of hydrogen-bond donors (Lipinski definition) is 0. The first-order chi connectivity index (χ1) is 10.8. The lowest BCUT2D eigenvalue weighted by Crippen LogP contribution is -2.23. The molecule has 0 fully saturated rings. The molecule has 108 valence electrons. The Hall–Kier alpha value is -2.24. The zero-order chi connectivity index (χ0) is 15.3. The van der Waals surface area contributed by atoms with Gasteiger partial charge in [-0.3, -0.25) is 4.57 Å². The van der Waals surface area contributed by atoms with Crippen LogP contribution in [-0.2, 0) is 16.1 Å². The smallest absolute Gasteiger partial charge is 0.172 e. The summed E-state index contributed by atoms with van der Waals surface area (Å²) in [5, 5.41) is -0.552. The van der Waals surface area contributed by atoms with E-state index in [1.54, 1.807) is 0 Å². The van der Waals surface area contributed by atoms with E-state index in [9.17, 15) is 4.57 Å². The summed E-state index contributed by atoms with van der Waals surface area (Å²) in [6.07, 6.45) is 0.701. The van der Waals surface area contributed by atoms with Gasteiger partial charge in [0.05, 0.1) is 0 Å². The van der Waals surface area contributed by atoms with Crippen molar-refractivity contribution in [1.82, 2.24) is 0 Å². The van der Waals surface area contributed by atoms with Gasteiger partial charge in [0, 0.05) is 0 Å². The second-order valence-electron chi connectivity index (χ2n) is 5.35. The molecule has 1 nitrogen and oxygen atoms in total. The predicted octanol–water partition coefficient (Wildman–Crippen LogP) is 5.46. The van der Waals surface area contributed by atoms with Gasteiger partial charge in [-0.15, -0.1) is 0 Å². The lowest BCUT2D eigenvalue weighted by Gasteiger charge is -2.28. The number of benzene rings is 3. The zero-order valence-corrected chi connectivity index (χ0v) is 13.1. The first kappa shape index (κ1) is 14.7. The zero-order valence-electron chi connectivity index (χ0n) is 12.2. The molecule has 22 heavy (non-hydrogen) atoms. The quantitative estimate of drug-likeness (QED) is 0.572. The minimum absolute atomic E-state index is 0.109. The molecular weight excluding hydrogens is 287 g/mol. The third kappa shape index (κ3) is 2.86. The van der Waals surface area contributed by atoms with Crippen LogP contribution in [-0.4, -0.2) is 0 Å². The Labute approximate surface area is 132 Å². The molecule has 0 aliphatic rings. The molecule has 0 saturated carbocycles. The van der Waals surface area contributed by atoms with E-state index in [-0.39, 0.29) is 8.46 Å². The topological polar surface area (TPSA) is 17.1 Å². The molecule has 3 rings (SSSR count). The van der Waals surface area contributed by atoms with E-state index in [4.69, 9.17) is 0 Å². The highest BCUT2D eigenvalue weighted by molar-refractivity contribution is 7.26. The fourth-order valence-corrected chi connectivity index (χ4v) is 3.58. The normalized spacial score (nSPS) is 11.5. The highest BCUT2D eigenvalue weighted by atomic mass is 31.1. The Kier molecular flexibility index (Phi) is 4.46. The molecule has 0 aromatic heterocycles. The van der Waals surface area contributed by atoms with Crippen molar-refractivity contribution in [1.29, 1.82) is 0 Å². The van der Waals surface area contributed by atoms with Crippen LogP contribution in [0.15, 0.2) is 91.0 Å². The lowest BCUT2D eigenvalue weighted by atomic mass is 9.85. The largest absolute Gasteiger partial charge is 0.274 e. The molecule has 0 bridgehead atoms. The van der Waals surface area contributed by atoms with Crippen molar-refractivity contribution in [2.24, 2.45) is 0 Å². The fourth-order valence-electron chi connectivity index (χ4n) is 2.83. The predicted molar refractivity (Wildman–Crippen MR) is 91.4 cm³/mol. The van der Waals surface area contributed by atoms with Crippen molar-refractivity contribution in [2.45, 2.75) is 11.6 Å². The van der Waals surface area contributed by atoms with Gasteiger partial charge in [0.1, 0.15) is 5.16 Å². The average Bonchev–Trinajstić information content (AvgIpc) is 2.62. The molecule has 0 radical (unpaired) electrons. The third-order valence-electron chi connectivity index (χ3n) is 3.96. The van der Waals surface area contributed by atoms with Crippen LogP contribution in [0.1, 0.15) is 16.7 Å². The molecule has 0 saturated heterocycles. The summed E-state index contributed by atoms with van der Waals surface area (Å²) in [6.45, 7) is 0. The minimum atomic E-state index is -0.552. The van der Waals surface area contributed by atoms with Gasteiger partial charge in [-0.1, -0.05) is 91.0 Å². The summed E-state index contributed by atoms with van der Waals surface area (Å²) in [4.78, 5) is 0. The van der Waals surface area contributed by atoms with Crippen molar-refractivity contribution >= 4 is 8.46 Å². The van der Waals surface area contributed by atoms with Gasteiger partial charge in [-0.25, -0.2) is 0 Å². The lowest BCUT2D eigenvalue weighted by molar-refractivity contribution is 0.572. The van der Waals surface area contributed by atoms with Gasteiger partial charge < -0.3 is 0 Å². The number of rotatable bonds is 5. The first-order valence-corrected chi connectivity index (χ1v) is 8.16. The van der Waals surface area contributed by atoms with Crippen LogP contribution in [0.4, 0.5) is 0 Å². The molecule has 2 heteroatoms. The molecule has 3 aromatic rings. The molecule has 0 heterocycles. The van der Waals surface area contributed by atoms with Crippen molar-refractivity contribution in [3.8, 4) is 0 Å². The summed E-state index contributed by atoms with van der Waals surface area (Å²) in [6, 6.07) is 30.5. The van der Waals surface area contributed by atoms with Crippen LogP contribution in [0, 0.1) is 0 Å². The molecule has 3 aromatic carbocycles. The van der Waals surface area contributed by atoms with E-state index >= 15 is 0 Å². The van der Waals surface area contributed by atoms with Gasteiger partial charge in [0.15, 0.2) is 8.46 Å². The molecule has 0 aliphatic carbocycles. The van der Waals surface area contributed by atoms with E-state index in [2.05, 4.69) is 36.4 Å². The second-order valence-corrected chi connectivity index (χ2v) is 6.29. The Balaban J connectivity index is 2.15. The minimum Gasteiger partial charge on any atom is -0.274 e. The van der Waals surface area contributed by atoms with Gasteiger partial charge >= 0.3 is 0 Å². The maximum absolute atomic E-state index is 12.3. The van der Waals surface area contributed by atoms with Gasteiger partial charge in [-0.05, 0) is 23.1 Å². The van der Waals surface area contributed by atoms with E-state index < -0.39 is 5.16 Å². The van der Waals surface area contributed by atoms with Crippen LogP contribution >= 0.6 is 8.46 Å². The van der Waals surface area contributed by atoms with Crippen LogP contribution < -0.4 is 0 Å². The standard InChI is InChI=1S/C20H17OP/c21-22-20(18-12-6-2-7-13-18,19-14-8-3-9-15-19)16-17-10-4-1-5-11-17/h1-15H,16H2. The molecule has 0 spiro atoms. The highest BCUT2D eigenvalue weighted by Gasteiger charge is 2.35. The van der Waals surface area contributed by atoms with E-state index in [1.165, 1.54) is 5.56 Å². The molecule has 0 N–H and O–H groups in total. The molecule has 0 aliphatic heterocycles. The molecular formula is C20H17OP. The summed E-state index contributed by atoms with van der Waals surface area (Å²) < 4.78 is 12.3. The van der Waals surface area contributed by atoms with Gasteiger partial charge in [-0.2, -0.15) is 0 Å². The Morgan fingerprint density at radius 1 is 0.636 bits per heavy atom.